The quantitative estimate of drug-likeness (QED) is 0.649. The van der Waals surface area contributed by atoms with Crippen molar-refractivity contribution >= 4 is 21.5 Å². The predicted molar refractivity (Wildman–Crippen MR) is 55.0 cm³/mol. The molecule has 2 heterocycles. The minimum atomic E-state index is -3.48. The third kappa shape index (κ3) is 2.41. The van der Waals surface area contributed by atoms with Gasteiger partial charge in [0.25, 0.3) is 0 Å². The van der Waals surface area contributed by atoms with E-state index in [-0.39, 0.29) is 12.3 Å². The number of primary sulfonamides is 1. The highest BCUT2D eigenvalue weighted by Crippen LogP contribution is 2.04. The first-order valence-corrected chi connectivity index (χ1v) is 6.04. The van der Waals surface area contributed by atoms with E-state index in [2.05, 4.69) is 25.8 Å². The van der Waals surface area contributed by atoms with Gasteiger partial charge in [0.2, 0.25) is 10.0 Å². The topological polar surface area (TPSA) is 128 Å². The van der Waals surface area contributed by atoms with E-state index in [0.717, 1.165) is 0 Å². The van der Waals surface area contributed by atoms with Crippen LogP contribution in [0.15, 0.2) is 12.4 Å². The van der Waals surface area contributed by atoms with Gasteiger partial charge in [0.15, 0.2) is 5.65 Å². The molecule has 0 saturated carbocycles. The van der Waals surface area contributed by atoms with Gasteiger partial charge >= 0.3 is 0 Å². The number of hydrogen-bond donors (Lipinski definition) is 2. The standard InChI is InChI=1S/C6H9N7O2S/c7-16(14,15)2-1-9-5-3-8-4-6-10-11-12-13(5)6/h3-4,9H,1-2H2,(H2,7,14,15). The molecule has 2 aromatic heterocycles. The van der Waals surface area contributed by atoms with Crippen LogP contribution in [0.3, 0.4) is 0 Å². The van der Waals surface area contributed by atoms with Crippen molar-refractivity contribution in [3.05, 3.63) is 12.4 Å². The Kier molecular flexibility index (Phi) is 2.66. The molecule has 0 amide bonds. The van der Waals surface area contributed by atoms with Gasteiger partial charge in [0.1, 0.15) is 5.82 Å². The lowest BCUT2D eigenvalue weighted by atomic mass is 10.6. The van der Waals surface area contributed by atoms with Gasteiger partial charge in [0.05, 0.1) is 18.1 Å². The average molecular weight is 243 g/mol. The molecule has 3 N–H and O–H groups in total. The lowest BCUT2D eigenvalue weighted by Gasteiger charge is -2.05. The van der Waals surface area contributed by atoms with Gasteiger partial charge in [-0.3, -0.25) is 4.98 Å². The van der Waals surface area contributed by atoms with Crippen molar-refractivity contribution in [3.63, 3.8) is 0 Å². The van der Waals surface area contributed by atoms with Crippen LogP contribution in [-0.4, -0.2) is 45.7 Å². The van der Waals surface area contributed by atoms with E-state index in [1.807, 2.05) is 0 Å². The molecule has 86 valence electrons. The second kappa shape index (κ2) is 3.98. The van der Waals surface area contributed by atoms with Crippen molar-refractivity contribution in [2.45, 2.75) is 0 Å². The molecule has 0 atom stereocenters. The lowest BCUT2D eigenvalue weighted by molar-refractivity contribution is 0.598. The summed E-state index contributed by atoms with van der Waals surface area (Å²) in [5.74, 6) is 0.331. The molecule has 2 rings (SSSR count). The molecule has 0 aromatic carbocycles. The van der Waals surface area contributed by atoms with Gasteiger partial charge in [-0.2, -0.15) is 4.52 Å². The summed E-state index contributed by atoms with van der Waals surface area (Å²) in [6.07, 6.45) is 2.98. The van der Waals surface area contributed by atoms with E-state index in [0.29, 0.717) is 11.5 Å². The average Bonchev–Trinajstić information content (AvgIpc) is 2.64. The Labute approximate surface area is 90.7 Å². The second-order valence-corrected chi connectivity index (χ2v) is 4.77. The van der Waals surface area contributed by atoms with E-state index in [9.17, 15) is 8.42 Å². The van der Waals surface area contributed by atoms with Gasteiger partial charge in [-0.1, -0.05) is 0 Å². The number of nitrogens with one attached hydrogen (secondary N) is 1. The Morgan fingerprint density at radius 1 is 1.44 bits per heavy atom. The number of nitrogens with two attached hydrogens (primary N) is 1. The molecule has 0 aliphatic rings. The molecule has 0 aliphatic heterocycles. The van der Waals surface area contributed by atoms with Crippen molar-refractivity contribution in [1.82, 2.24) is 25.0 Å². The summed E-state index contributed by atoms with van der Waals surface area (Å²) in [7, 11) is -3.48. The summed E-state index contributed by atoms with van der Waals surface area (Å²) < 4.78 is 22.8. The van der Waals surface area contributed by atoms with Gasteiger partial charge in [-0.25, -0.2) is 13.6 Å². The summed E-state index contributed by atoms with van der Waals surface area (Å²) in [4.78, 5) is 3.89. The van der Waals surface area contributed by atoms with Crippen LogP contribution in [0, 0.1) is 0 Å². The number of nitrogens with zero attached hydrogens (tertiary/aromatic N) is 5. The summed E-state index contributed by atoms with van der Waals surface area (Å²) in [6, 6.07) is 0. The Morgan fingerprint density at radius 2 is 2.25 bits per heavy atom. The molecule has 0 bridgehead atoms. The monoisotopic (exact) mass is 243 g/mol. The molecular formula is C6H9N7O2S. The molecule has 0 unspecified atom stereocenters. The van der Waals surface area contributed by atoms with Crippen molar-refractivity contribution in [2.24, 2.45) is 5.14 Å². The molecule has 0 spiro atoms. The van der Waals surface area contributed by atoms with Crippen LogP contribution in [-0.2, 0) is 10.0 Å². The van der Waals surface area contributed by atoms with Crippen LogP contribution in [0.25, 0.3) is 5.65 Å². The highest BCUT2D eigenvalue weighted by atomic mass is 32.2. The van der Waals surface area contributed by atoms with E-state index < -0.39 is 10.0 Å². The molecule has 0 aliphatic carbocycles. The van der Waals surface area contributed by atoms with Gasteiger partial charge in [-0.15, -0.1) is 5.10 Å². The Bertz CT molecular complexity index is 592. The molecule has 9 nitrogen and oxygen atoms in total. The predicted octanol–water partition coefficient (Wildman–Crippen LogP) is -1.78. The maximum absolute atomic E-state index is 10.7. The number of sulfonamides is 1. The fourth-order valence-corrected chi connectivity index (χ4v) is 1.50. The SMILES string of the molecule is NS(=O)(=O)CCNc1cncc2nnnn12. The van der Waals surface area contributed by atoms with Crippen molar-refractivity contribution in [1.29, 1.82) is 0 Å². The highest BCUT2D eigenvalue weighted by molar-refractivity contribution is 7.89. The van der Waals surface area contributed by atoms with E-state index >= 15 is 0 Å². The minimum Gasteiger partial charge on any atom is -0.368 e. The summed E-state index contributed by atoms with van der Waals surface area (Å²) >= 11 is 0. The van der Waals surface area contributed by atoms with Crippen LogP contribution in [0.1, 0.15) is 0 Å². The normalized spacial score (nSPS) is 11.8. The zero-order chi connectivity index (χ0) is 11.6. The third-order valence-electron chi connectivity index (χ3n) is 1.80. The molecule has 2 aromatic rings. The molecule has 0 radical (unpaired) electrons. The third-order valence-corrected chi connectivity index (χ3v) is 2.57. The second-order valence-electron chi connectivity index (χ2n) is 3.04. The fourth-order valence-electron chi connectivity index (χ4n) is 1.12. The van der Waals surface area contributed by atoms with Crippen molar-refractivity contribution < 1.29 is 8.42 Å². The van der Waals surface area contributed by atoms with E-state index in [4.69, 9.17) is 5.14 Å². The van der Waals surface area contributed by atoms with Crippen molar-refractivity contribution in [3.8, 4) is 0 Å². The first kappa shape index (κ1) is 10.7. The van der Waals surface area contributed by atoms with E-state index in [1.165, 1.54) is 16.9 Å². The smallest absolute Gasteiger partial charge is 0.210 e. The minimum absolute atomic E-state index is 0.166. The zero-order valence-corrected chi connectivity index (χ0v) is 8.92. The van der Waals surface area contributed by atoms with Crippen LogP contribution >= 0.6 is 0 Å². The summed E-state index contributed by atoms with van der Waals surface area (Å²) in [5.41, 5.74) is 0.473. The Balaban J connectivity index is 2.12. The fraction of sp³-hybridized carbons (Fsp3) is 0.333. The summed E-state index contributed by atoms with van der Waals surface area (Å²) in [5, 5.41) is 18.5. The van der Waals surface area contributed by atoms with Crippen LogP contribution in [0.2, 0.25) is 0 Å². The molecule has 0 fully saturated rings. The van der Waals surface area contributed by atoms with Crippen LogP contribution < -0.4 is 10.5 Å². The maximum Gasteiger partial charge on any atom is 0.210 e. The molecule has 16 heavy (non-hydrogen) atoms. The van der Waals surface area contributed by atoms with Crippen LogP contribution in [0.5, 0.6) is 0 Å². The Morgan fingerprint density at radius 3 is 3.00 bits per heavy atom. The first-order chi connectivity index (χ1) is 7.56. The molecule has 0 saturated heterocycles. The molecular weight excluding hydrogens is 234 g/mol. The Hall–Kier alpha value is -1.81. The highest BCUT2D eigenvalue weighted by Gasteiger charge is 2.05. The first-order valence-electron chi connectivity index (χ1n) is 4.33. The van der Waals surface area contributed by atoms with Crippen LogP contribution in [0.4, 0.5) is 5.82 Å². The molecule has 10 heteroatoms. The number of rotatable bonds is 4. The van der Waals surface area contributed by atoms with Gasteiger partial charge in [0, 0.05) is 6.54 Å². The largest absolute Gasteiger partial charge is 0.368 e. The number of aromatic nitrogens is 5. The van der Waals surface area contributed by atoms with Crippen molar-refractivity contribution in [2.75, 3.05) is 17.6 Å². The summed E-state index contributed by atoms with van der Waals surface area (Å²) in [6.45, 7) is 0.166. The van der Waals surface area contributed by atoms with Gasteiger partial charge in [-0.05, 0) is 10.4 Å². The number of tetrazole rings is 1. The number of anilines is 1. The van der Waals surface area contributed by atoms with E-state index in [1.54, 1.807) is 0 Å². The maximum atomic E-state index is 10.7. The number of fused-ring (bicyclic) bond motifs is 1. The zero-order valence-electron chi connectivity index (χ0n) is 8.11. The number of hydrogen-bond acceptors (Lipinski definition) is 7. The van der Waals surface area contributed by atoms with Gasteiger partial charge < -0.3 is 5.32 Å². The lowest BCUT2D eigenvalue weighted by Crippen LogP contribution is -2.23.